The summed E-state index contributed by atoms with van der Waals surface area (Å²) in [5.74, 6) is 0.719. The fraction of sp³-hybridized carbons (Fsp3) is 0.364. The molecule has 1 aliphatic rings. The van der Waals surface area contributed by atoms with Crippen LogP contribution in [0.1, 0.15) is 12.5 Å². The summed E-state index contributed by atoms with van der Waals surface area (Å²) in [6.07, 6.45) is -0.957. The van der Waals surface area contributed by atoms with E-state index in [0.717, 1.165) is 5.56 Å². The summed E-state index contributed by atoms with van der Waals surface area (Å²) in [5, 5.41) is 0. The first-order valence-electron chi connectivity index (χ1n) is 4.82. The van der Waals surface area contributed by atoms with Crippen molar-refractivity contribution in [3.8, 4) is 11.5 Å². The Morgan fingerprint density at radius 3 is 2.93 bits per heavy atom. The third kappa shape index (κ3) is 1.75. The van der Waals surface area contributed by atoms with E-state index in [0.29, 0.717) is 18.1 Å². The Balaban J connectivity index is 2.15. The summed E-state index contributed by atoms with van der Waals surface area (Å²) in [6, 6.07) is 5.52. The number of hydrogen-bond acceptors (Lipinski definition) is 4. The van der Waals surface area contributed by atoms with E-state index in [4.69, 9.17) is 14.2 Å². The molecular formula is C11H12O4. The van der Waals surface area contributed by atoms with E-state index in [9.17, 15) is 4.79 Å². The number of fused-ring (bicyclic) bond motifs is 1. The molecule has 0 radical (unpaired) electrons. The summed E-state index contributed by atoms with van der Waals surface area (Å²) >= 11 is 0. The lowest BCUT2D eigenvalue weighted by atomic mass is 10.2. The van der Waals surface area contributed by atoms with Gasteiger partial charge in [-0.05, 0) is 25.5 Å². The van der Waals surface area contributed by atoms with Crippen molar-refractivity contribution < 1.29 is 19.0 Å². The third-order valence-corrected chi connectivity index (χ3v) is 2.11. The summed E-state index contributed by atoms with van der Waals surface area (Å²) in [4.78, 5) is 11.4. The largest absolute Gasteiger partial charge is 0.460 e. The van der Waals surface area contributed by atoms with Crippen molar-refractivity contribution in [2.45, 2.75) is 20.1 Å². The maximum absolute atomic E-state index is 11.4. The molecule has 4 heteroatoms. The molecule has 0 saturated heterocycles. The zero-order valence-corrected chi connectivity index (χ0v) is 8.65. The van der Waals surface area contributed by atoms with Gasteiger partial charge in [-0.2, -0.15) is 0 Å². The molecule has 0 spiro atoms. The van der Waals surface area contributed by atoms with Crippen LogP contribution in [0, 0.1) is 6.92 Å². The van der Waals surface area contributed by atoms with E-state index in [1.807, 2.05) is 19.1 Å². The molecule has 1 aromatic carbocycles. The Morgan fingerprint density at radius 1 is 1.47 bits per heavy atom. The number of aryl methyl sites for hydroxylation is 1. The van der Waals surface area contributed by atoms with Crippen LogP contribution in [0.25, 0.3) is 0 Å². The molecule has 0 bridgehead atoms. The molecule has 0 saturated carbocycles. The summed E-state index contributed by atoms with van der Waals surface area (Å²) in [6.45, 7) is 3.96. The quantitative estimate of drug-likeness (QED) is 0.693. The predicted octanol–water partition coefficient (Wildman–Crippen LogP) is 1.66. The SMILES string of the molecule is CCOC(=O)C1Oc2cccc(C)c2O1. The van der Waals surface area contributed by atoms with Crippen molar-refractivity contribution in [3.05, 3.63) is 23.8 Å². The number of carbonyl (C=O) groups excluding carboxylic acids is 1. The lowest BCUT2D eigenvalue weighted by molar-refractivity contribution is -0.161. The highest BCUT2D eigenvalue weighted by Gasteiger charge is 2.32. The minimum absolute atomic E-state index is 0.317. The maximum atomic E-state index is 11.4. The minimum atomic E-state index is -0.957. The second kappa shape index (κ2) is 3.81. The Hall–Kier alpha value is -1.71. The number of esters is 1. The van der Waals surface area contributed by atoms with E-state index in [-0.39, 0.29) is 0 Å². The number of carbonyl (C=O) groups is 1. The molecule has 1 atom stereocenters. The van der Waals surface area contributed by atoms with Gasteiger partial charge in [-0.25, -0.2) is 4.79 Å². The Kier molecular flexibility index (Phi) is 2.49. The Bertz CT molecular complexity index is 386. The Labute approximate surface area is 87.8 Å². The standard InChI is InChI=1S/C11H12O4/c1-3-13-10(12)11-14-8-6-4-5-7(2)9(8)15-11/h4-6,11H,3H2,1-2H3. The second-order valence-electron chi connectivity index (χ2n) is 3.22. The smallest absolute Gasteiger partial charge is 0.389 e. The summed E-state index contributed by atoms with van der Waals surface area (Å²) in [5.41, 5.74) is 0.944. The molecule has 15 heavy (non-hydrogen) atoms. The van der Waals surface area contributed by atoms with E-state index in [1.54, 1.807) is 13.0 Å². The molecule has 0 aliphatic carbocycles. The van der Waals surface area contributed by atoms with E-state index < -0.39 is 12.3 Å². The van der Waals surface area contributed by atoms with Gasteiger partial charge in [-0.3, -0.25) is 0 Å². The van der Waals surface area contributed by atoms with Gasteiger partial charge in [0, 0.05) is 0 Å². The monoisotopic (exact) mass is 208 g/mol. The molecule has 2 rings (SSSR count). The number of hydrogen-bond donors (Lipinski definition) is 0. The van der Waals surface area contributed by atoms with Gasteiger partial charge in [-0.15, -0.1) is 0 Å². The highest BCUT2D eigenvalue weighted by Crippen LogP contribution is 2.37. The zero-order valence-electron chi connectivity index (χ0n) is 8.65. The van der Waals surface area contributed by atoms with Crippen molar-refractivity contribution in [2.75, 3.05) is 6.61 Å². The predicted molar refractivity (Wildman–Crippen MR) is 52.9 cm³/mol. The van der Waals surface area contributed by atoms with Crippen LogP contribution in [-0.4, -0.2) is 18.9 Å². The highest BCUT2D eigenvalue weighted by molar-refractivity contribution is 5.75. The van der Waals surface area contributed by atoms with Crippen LogP contribution in [0.5, 0.6) is 11.5 Å². The van der Waals surface area contributed by atoms with Gasteiger partial charge in [-0.1, -0.05) is 12.1 Å². The first kappa shape index (κ1) is 9.83. The fourth-order valence-electron chi connectivity index (χ4n) is 1.42. The molecule has 4 nitrogen and oxygen atoms in total. The molecule has 1 aliphatic heterocycles. The molecular weight excluding hydrogens is 196 g/mol. The Morgan fingerprint density at radius 2 is 2.27 bits per heavy atom. The second-order valence-corrected chi connectivity index (χ2v) is 3.22. The van der Waals surface area contributed by atoms with Crippen LogP contribution in [0.2, 0.25) is 0 Å². The van der Waals surface area contributed by atoms with Crippen LogP contribution < -0.4 is 9.47 Å². The number of para-hydroxylation sites is 1. The van der Waals surface area contributed by atoms with Gasteiger partial charge in [0.1, 0.15) is 0 Å². The van der Waals surface area contributed by atoms with E-state index >= 15 is 0 Å². The van der Waals surface area contributed by atoms with Crippen molar-refractivity contribution in [1.29, 1.82) is 0 Å². The molecule has 0 aromatic heterocycles. The van der Waals surface area contributed by atoms with Crippen LogP contribution in [0.4, 0.5) is 0 Å². The van der Waals surface area contributed by atoms with Crippen molar-refractivity contribution in [3.63, 3.8) is 0 Å². The first-order valence-corrected chi connectivity index (χ1v) is 4.82. The normalized spacial score (nSPS) is 17.6. The highest BCUT2D eigenvalue weighted by atomic mass is 16.7. The van der Waals surface area contributed by atoms with Gasteiger partial charge in [0.25, 0.3) is 0 Å². The molecule has 1 unspecified atom stereocenters. The fourth-order valence-corrected chi connectivity index (χ4v) is 1.42. The molecule has 0 amide bonds. The average Bonchev–Trinajstić information content (AvgIpc) is 2.63. The lowest BCUT2D eigenvalue weighted by Gasteiger charge is -2.08. The van der Waals surface area contributed by atoms with Crippen LogP contribution in [0.15, 0.2) is 18.2 Å². The topological polar surface area (TPSA) is 44.8 Å². The molecule has 1 heterocycles. The van der Waals surface area contributed by atoms with Gasteiger partial charge < -0.3 is 14.2 Å². The van der Waals surface area contributed by atoms with Gasteiger partial charge >= 0.3 is 12.3 Å². The molecule has 1 aromatic rings. The van der Waals surface area contributed by atoms with Gasteiger partial charge in [0.2, 0.25) is 0 Å². The lowest BCUT2D eigenvalue weighted by Crippen LogP contribution is -2.31. The minimum Gasteiger partial charge on any atom is -0.460 e. The van der Waals surface area contributed by atoms with Crippen molar-refractivity contribution >= 4 is 5.97 Å². The van der Waals surface area contributed by atoms with Crippen LogP contribution >= 0.6 is 0 Å². The maximum Gasteiger partial charge on any atom is 0.389 e. The summed E-state index contributed by atoms with van der Waals surface area (Å²) in [7, 11) is 0. The van der Waals surface area contributed by atoms with Gasteiger partial charge in [0.05, 0.1) is 6.61 Å². The summed E-state index contributed by atoms with van der Waals surface area (Å²) < 4.78 is 15.5. The first-order chi connectivity index (χ1) is 7.22. The number of benzene rings is 1. The molecule has 0 fully saturated rings. The van der Waals surface area contributed by atoms with Gasteiger partial charge in [0.15, 0.2) is 11.5 Å². The number of ether oxygens (including phenoxy) is 3. The van der Waals surface area contributed by atoms with Crippen molar-refractivity contribution in [1.82, 2.24) is 0 Å². The zero-order chi connectivity index (χ0) is 10.8. The third-order valence-electron chi connectivity index (χ3n) is 2.11. The molecule has 80 valence electrons. The van der Waals surface area contributed by atoms with Crippen LogP contribution in [0.3, 0.4) is 0 Å². The van der Waals surface area contributed by atoms with E-state index in [1.165, 1.54) is 0 Å². The number of rotatable bonds is 2. The average molecular weight is 208 g/mol. The van der Waals surface area contributed by atoms with Crippen LogP contribution in [-0.2, 0) is 9.53 Å². The molecule has 0 N–H and O–H groups in total. The van der Waals surface area contributed by atoms with E-state index in [2.05, 4.69) is 0 Å². The van der Waals surface area contributed by atoms with Crippen molar-refractivity contribution in [2.24, 2.45) is 0 Å².